The summed E-state index contributed by atoms with van der Waals surface area (Å²) in [6, 6.07) is 11.7. The number of benzene rings is 2. The highest BCUT2D eigenvalue weighted by Crippen LogP contribution is 2.36. The fraction of sp³-hybridized carbons (Fsp3) is 0.308. The Balaban J connectivity index is 1.69. The molecule has 4 aromatic rings. The number of hydrogen-bond acceptors (Lipinski definition) is 9. The zero-order valence-corrected chi connectivity index (χ0v) is 22.3. The summed E-state index contributed by atoms with van der Waals surface area (Å²) in [6.07, 6.45) is 4.30. The predicted molar refractivity (Wildman–Crippen MR) is 147 cm³/mol. The number of fused-ring (bicyclic) bond motifs is 1. The van der Waals surface area contributed by atoms with Crippen LogP contribution in [0, 0.1) is 10.1 Å². The number of methoxy groups -OCH3 is 1. The van der Waals surface area contributed by atoms with Gasteiger partial charge in [0.25, 0.3) is 5.69 Å². The zero-order valence-electron chi connectivity index (χ0n) is 24.5. The van der Waals surface area contributed by atoms with E-state index < -0.39 is 21.9 Å². The van der Waals surface area contributed by atoms with Crippen molar-refractivity contribution in [3.05, 3.63) is 76.4 Å². The monoisotopic (exact) mass is 541 g/mol. The molecule has 0 aliphatic carbocycles. The number of anilines is 1. The minimum Gasteiger partial charge on any atom is -0.496 e. The van der Waals surface area contributed by atoms with Crippen LogP contribution in [0.3, 0.4) is 0 Å². The Kier molecular flexibility index (Phi) is 6.54. The van der Waals surface area contributed by atoms with E-state index in [0.717, 1.165) is 6.26 Å². The molecule has 0 fully saturated rings. The van der Waals surface area contributed by atoms with Crippen LogP contribution in [0.4, 0.5) is 11.4 Å². The fourth-order valence-corrected chi connectivity index (χ4v) is 5.05. The van der Waals surface area contributed by atoms with Crippen LogP contribution in [0.15, 0.2) is 54.9 Å². The van der Waals surface area contributed by atoms with Gasteiger partial charge in [-0.25, -0.2) is 22.4 Å². The molecule has 0 unspecified atom stereocenters. The number of nitrogens with zero attached hydrogens (tertiary/aromatic N) is 6. The summed E-state index contributed by atoms with van der Waals surface area (Å²) in [5.41, 5.74) is 2.20. The molecule has 0 spiro atoms. The maximum Gasteiger partial charge on any atom is 0.293 e. The predicted octanol–water partition coefficient (Wildman–Crippen LogP) is 3.41. The van der Waals surface area contributed by atoms with Gasteiger partial charge in [-0.05, 0) is 26.2 Å². The third-order valence-electron chi connectivity index (χ3n) is 6.12. The molecule has 0 saturated carbocycles. The normalized spacial score (nSPS) is 13.2. The average Bonchev–Trinajstić information content (AvgIpc) is 3.31. The lowest BCUT2D eigenvalue weighted by atomic mass is 10.1. The molecule has 0 N–H and O–H groups in total. The molecule has 0 amide bonds. The molecule has 12 heteroatoms. The second-order valence-electron chi connectivity index (χ2n) is 8.91. The third-order valence-corrected chi connectivity index (χ3v) is 7.14. The topological polar surface area (TPSA) is 124 Å². The Bertz CT molecular complexity index is 1710. The molecule has 2 heterocycles. The second-order valence-corrected chi connectivity index (χ2v) is 10.8. The van der Waals surface area contributed by atoms with E-state index >= 15 is 0 Å². The van der Waals surface area contributed by atoms with Crippen LogP contribution in [0.1, 0.15) is 15.5 Å². The first-order valence-electron chi connectivity index (χ1n) is 13.1. The molecule has 11 nitrogen and oxygen atoms in total. The van der Waals surface area contributed by atoms with Crippen LogP contribution < -0.4 is 9.64 Å². The highest BCUT2D eigenvalue weighted by atomic mass is 32.2. The van der Waals surface area contributed by atoms with Gasteiger partial charge in [0, 0.05) is 71.7 Å². The maximum absolute atomic E-state index is 12.4. The summed E-state index contributed by atoms with van der Waals surface area (Å²) >= 11 is 0. The van der Waals surface area contributed by atoms with Crippen molar-refractivity contribution in [1.29, 1.82) is 0 Å². The number of hydrogen-bond donors (Lipinski definition) is 0. The molecule has 0 radical (unpaired) electrons. The van der Waals surface area contributed by atoms with Crippen LogP contribution in [-0.4, -0.2) is 79.7 Å². The molecule has 2 aromatic heterocycles. The van der Waals surface area contributed by atoms with Gasteiger partial charge >= 0.3 is 0 Å². The quantitative estimate of drug-likeness (QED) is 0.219. The summed E-state index contributed by atoms with van der Waals surface area (Å²) in [6.45, 7) is -1.89. The number of ether oxygens (including phenoxy) is 1. The number of para-hydroxylation sites is 1. The number of rotatable bonds is 10. The number of likely N-dealkylation sites (N-methyl/N-ethyl adjacent to an activating group) is 2. The minimum absolute atomic E-state index is 0.106. The summed E-state index contributed by atoms with van der Waals surface area (Å²) in [5.74, 6) is 0.732. The number of nitro groups is 1. The van der Waals surface area contributed by atoms with Gasteiger partial charge in [-0.3, -0.25) is 10.1 Å². The molecule has 0 atom stereocenters. The SMILES string of the molecule is [2H]C([2H])([2H])N(C)CCN(C)c1cc(OC)c(Cc2nccc(-c3cn(S(C)(=O)=O)c4ccccc34)n2)cc1[N+](=O)[O-]. The second kappa shape index (κ2) is 10.8. The van der Waals surface area contributed by atoms with Gasteiger partial charge in [-0.1, -0.05) is 18.2 Å². The highest BCUT2D eigenvalue weighted by molar-refractivity contribution is 7.89. The van der Waals surface area contributed by atoms with Gasteiger partial charge in [0.05, 0.1) is 29.5 Å². The van der Waals surface area contributed by atoms with Crippen LogP contribution in [0.25, 0.3) is 22.2 Å². The lowest BCUT2D eigenvalue weighted by Crippen LogP contribution is -2.29. The first-order valence-corrected chi connectivity index (χ1v) is 13.5. The van der Waals surface area contributed by atoms with Crippen molar-refractivity contribution in [3.8, 4) is 17.0 Å². The van der Waals surface area contributed by atoms with Gasteiger partial charge in [-0.2, -0.15) is 0 Å². The lowest BCUT2D eigenvalue weighted by molar-refractivity contribution is -0.384. The van der Waals surface area contributed by atoms with Gasteiger partial charge in [0.1, 0.15) is 17.3 Å². The molecule has 200 valence electrons. The summed E-state index contributed by atoms with van der Waals surface area (Å²) in [4.78, 5) is 23.3. The van der Waals surface area contributed by atoms with Crippen LogP contribution >= 0.6 is 0 Å². The Morgan fingerprint density at radius 1 is 1.18 bits per heavy atom. The van der Waals surface area contributed by atoms with Crippen LogP contribution in [0.2, 0.25) is 0 Å². The van der Waals surface area contributed by atoms with Gasteiger partial charge in [0.15, 0.2) is 0 Å². The summed E-state index contributed by atoms with van der Waals surface area (Å²) in [7, 11) is 0.998. The Morgan fingerprint density at radius 3 is 2.63 bits per heavy atom. The van der Waals surface area contributed by atoms with Crippen molar-refractivity contribution in [2.24, 2.45) is 0 Å². The number of nitro benzene ring substituents is 1. The molecular formula is C26H30N6O5S. The van der Waals surface area contributed by atoms with Crippen LogP contribution in [0.5, 0.6) is 5.75 Å². The Labute approximate surface area is 225 Å². The van der Waals surface area contributed by atoms with E-state index in [1.165, 1.54) is 35.3 Å². The maximum atomic E-state index is 12.4. The molecule has 38 heavy (non-hydrogen) atoms. The molecule has 0 saturated heterocycles. The van der Waals surface area contributed by atoms with Gasteiger partial charge in [-0.15, -0.1) is 0 Å². The molecule has 2 aromatic carbocycles. The summed E-state index contributed by atoms with van der Waals surface area (Å²) in [5, 5.41) is 12.7. The third kappa shape index (κ3) is 5.60. The molecule has 0 aliphatic rings. The van der Waals surface area contributed by atoms with E-state index in [2.05, 4.69) is 9.97 Å². The smallest absolute Gasteiger partial charge is 0.293 e. The minimum atomic E-state index is -3.57. The van der Waals surface area contributed by atoms with Crippen molar-refractivity contribution in [3.63, 3.8) is 0 Å². The van der Waals surface area contributed by atoms with Gasteiger partial charge < -0.3 is 14.5 Å². The fourth-order valence-electron chi connectivity index (χ4n) is 4.23. The van der Waals surface area contributed by atoms with E-state index in [0.29, 0.717) is 39.3 Å². The van der Waals surface area contributed by atoms with E-state index in [9.17, 15) is 18.5 Å². The largest absolute Gasteiger partial charge is 0.496 e. The van der Waals surface area contributed by atoms with Gasteiger partial charge in [0.2, 0.25) is 10.0 Å². The first kappa shape index (κ1) is 23.1. The van der Waals surface area contributed by atoms with Crippen LogP contribution in [-0.2, 0) is 16.4 Å². The number of aromatic nitrogens is 3. The van der Waals surface area contributed by atoms with Crippen molar-refractivity contribution in [1.82, 2.24) is 18.8 Å². The molecule has 4 rings (SSSR count). The Hall–Kier alpha value is -4.03. The highest BCUT2D eigenvalue weighted by Gasteiger charge is 2.23. The molecular weight excluding hydrogens is 508 g/mol. The van der Waals surface area contributed by atoms with Crippen molar-refractivity contribution in [2.45, 2.75) is 6.42 Å². The standard InChI is InChI=1S/C26H30N6O5S/c1-29(2)12-13-30(3)23-16-25(37-4)18(14-24(23)32(33)34)15-26-27-11-10-21(28-26)20-17-31(38(5,35)36)22-9-7-6-8-19(20)22/h6-11,14,16-17H,12-13,15H2,1-5H3/i1D3. The van der Waals surface area contributed by atoms with Crippen molar-refractivity contribution < 1.29 is 22.2 Å². The van der Waals surface area contributed by atoms with E-state index in [4.69, 9.17) is 8.85 Å². The van der Waals surface area contributed by atoms with Crippen molar-refractivity contribution in [2.75, 3.05) is 52.4 Å². The molecule has 0 bridgehead atoms. The zero-order chi connectivity index (χ0) is 30.1. The average molecular weight is 542 g/mol. The van der Waals surface area contributed by atoms with E-state index in [-0.39, 0.29) is 30.9 Å². The molecule has 0 aliphatic heterocycles. The van der Waals surface area contributed by atoms with E-state index in [1.54, 1.807) is 42.4 Å². The lowest BCUT2D eigenvalue weighted by Gasteiger charge is -2.22. The van der Waals surface area contributed by atoms with Crippen molar-refractivity contribution >= 4 is 32.3 Å². The summed E-state index contributed by atoms with van der Waals surface area (Å²) < 4.78 is 54.0. The first-order chi connectivity index (χ1) is 19.2. The Morgan fingerprint density at radius 2 is 1.95 bits per heavy atom. The van der Waals surface area contributed by atoms with E-state index in [1.807, 2.05) is 12.1 Å².